The molecule has 1 saturated heterocycles. The van der Waals surface area contributed by atoms with Gasteiger partial charge in [-0.05, 0) is 18.6 Å². The molecule has 2 heterocycles. The van der Waals surface area contributed by atoms with Crippen molar-refractivity contribution in [2.24, 2.45) is 0 Å². The molecule has 19 heavy (non-hydrogen) atoms. The Morgan fingerprint density at radius 3 is 2.74 bits per heavy atom. The number of sulfonamides is 1. The number of thiophene rings is 1. The first kappa shape index (κ1) is 14.4. The van der Waals surface area contributed by atoms with Gasteiger partial charge in [0.15, 0.2) is 0 Å². The Hall–Kier alpha value is -1.03. The molecule has 1 aromatic rings. The van der Waals surface area contributed by atoms with Gasteiger partial charge in [0.25, 0.3) is 10.0 Å². The first-order valence-corrected chi connectivity index (χ1v) is 7.69. The average Bonchev–Trinajstić information content (AvgIpc) is 2.86. The lowest BCUT2D eigenvalue weighted by molar-refractivity contribution is 0.0701. The van der Waals surface area contributed by atoms with Crippen LogP contribution in [0.15, 0.2) is 10.3 Å². The molecule has 0 unspecified atom stereocenters. The van der Waals surface area contributed by atoms with Crippen LogP contribution >= 0.6 is 11.3 Å². The number of nitrogens with one attached hydrogen (secondary N) is 1. The number of hydrogen-bond acceptors (Lipinski definition) is 5. The van der Waals surface area contributed by atoms with Crippen molar-refractivity contribution >= 4 is 27.3 Å². The highest BCUT2D eigenvalue weighted by Crippen LogP contribution is 2.26. The lowest BCUT2D eigenvalue weighted by atomic mass is 10.2. The van der Waals surface area contributed by atoms with E-state index < -0.39 is 28.2 Å². The van der Waals surface area contributed by atoms with E-state index in [0.29, 0.717) is 16.9 Å². The molecule has 0 radical (unpaired) electrons. The van der Waals surface area contributed by atoms with Crippen LogP contribution in [0.25, 0.3) is 0 Å². The number of carboxylic acids is 1. The van der Waals surface area contributed by atoms with Crippen molar-refractivity contribution in [2.75, 3.05) is 13.2 Å². The first-order valence-electron chi connectivity index (χ1n) is 5.39. The molecule has 0 saturated carbocycles. The van der Waals surface area contributed by atoms with Crippen molar-refractivity contribution in [3.05, 3.63) is 16.5 Å². The minimum absolute atomic E-state index is 0.0312. The quantitative estimate of drug-likeness (QED) is 0.857. The second-order valence-corrected chi connectivity index (χ2v) is 7.16. The van der Waals surface area contributed by atoms with E-state index in [9.17, 15) is 17.6 Å². The lowest BCUT2D eigenvalue weighted by Crippen LogP contribution is -2.40. The van der Waals surface area contributed by atoms with Gasteiger partial charge in [0, 0.05) is 0 Å². The normalized spacial score (nSPS) is 23.7. The summed E-state index contributed by atoms with van der Waals surface area (Å²) in [6.07, 6.45) is -1.39. The molecule has 0 spiro atoms. The molecule has 106 valence electrons. The summed E-state index contributed by atoms with van der Waals surface area (Å²) in [5.74, 6) is -1.18. The van der Waals surface area contributed by atoms with E-state index in [1.54, 1.807) is 0 Å². The molecule has 0 aromatic carbocycles. The number of hydrogen-bond donors (Lipinski definition) is 2. The van der Waals surface area contributed by atoms with Crippen molar-refractivity contribution in [1.82, 2.24) is 4.72 Å². The lowest BCUT2D eigenvalue weighted by Gasteiger charge is -2.12. The van der Waals surface area contributed by atoms with Crippen molar-refractivity contribution in [3.63, 3.8) is 0 Å². The van der Waals surface area contributed by atoms with Gasteiger partial charge in [0.1, 0.15) is 15.3 Å². The fourth-order valence-corrected chi connectivity index (χ4v) is 4.33. The van der Waals surface area contributed by atoms with E-state index in [2.05, 4.69) is 4.72 Å². The van der Waals surface area contributed by atoms with Crippen LogP contribution in [-0.2, 0) is 14.8 Å². The number of aromatic carboxylic acids is 1. The van der Waals surface area contributed by atoms with Crippen molar-refractivity contribution < 1.29 is 27.4 Å². The van der Waals surface area contributed by atoms with E-state index in [4.69, 9.17) is 9.84 Å². The Morgan fingerprint density at radius 2 is 2.26 bits per heavy atom. The molecule has 2 N–H and O–H groups in total. The highest BCUT2D eigenvalue weighted by Gasteiger charge is 2.33. The van der Waals surface area contributed by atoms with Gasteiger partial charge in [0.05, 0.1) is 19.3 Å². The van der Waals surface area contributed by atoms with Gasteiger partial charge >= 0.3 is 5.97 Å². The molecule has 0 aliphatic carbocycles. The Bertz CT molecular complexity index is 597. The van der Waals surface area contributed by atoms with Gasteiger partial charge in [0.2, 0.25) is 0 Å². The summed E-state index contributed by atoms with van der Waals surface area (Å²) in [6.45, 7) is 1.34. The van der Waals surface area contributed by atoms with E-state index >= 15 is 0 Å². The Labute approximate surface area is 113 Å². The highest BCUT2D eigenvalue weighted by atomic mass is 32.2. The number of ether oxygens (including phenoxy) is 1. The molecular formula is C10H12FNO5S2. The van der Waals surface area contributed by atoms with Crippen molar-refractivity contribution in [2.45, 2.75) is 23.3 Å². The zero-order valence-electron chi connectivity index (χ0n) is 9.92. The topological polar surface area (TPSA) is 92.7 Å². The second-order valence-electron chi connectivity index (χ2n) is 4.16. The third-order valence-electron chi connectivity index (χ3n) is 2.67. The molecule has 6 nitrogen and oxygen atoms in total. The van der Waals surface area contributed by atoms with Crippen LogP contribution in [0.5, 0.6) is 0 Å². The molecule has 0 bridgehead atoms. The number of carbonyl (C=O) groups is 1. The highest BCUT2D eigenvalue weighted by molar-refractivity contribution is 7.91. The van der Waals surface area contributed by atoms with Crippen LogP contribution in [0, 0.1) is 6.92 Å². The SMILES string of the molecule is Cc1cc(S(=O)(=O)N[C@@H]2COC[C@@H]2F)sc1C(=O)O. The summed E-state index contributed by atoms with van der Waals surface area (Å²) in [5.41, 5.74) is 0.359. The van der Waals surface area contributed by atoms with Gasteiger partial charge in [-0.15, -0.1) is 11.3 Å². The summed E-state index contributed by atoms with van der Waals surface area (Å²) >= 11 is 0.646. The zero-order valence-corrected chi connectivity index (χ0v) is 11.6. The Balaban J connectivity index is 2.24. The molecule has 1 aliphatic rings. The molecule has 1 aliphatic heterocycles. The monoisotopic (exact) mass is 309 g/mol. The Morgan fingerprint density at radius 1 is 1.58 bits per heavy atom. The summed E-state index contributed by atoms with van der Waals surface area (Å²) in [7, 11) is -3.93. The molecule has 9 heteroatoms. The average molecular weight is 309 g/mol. The minimum Gasteiger partial charge on any atom is -0.477 e. The van der Waals surface area contributed by atoms with Crippen LogP contribution < -0.4 is 4.72 Å². The maximum atomic E-state index is 13.3. The molecule has 2 atom stereocenters. The molecule has 1 fully saturated rings. The molecule has 0 amide bonds. The van der Waals surface area contributed by atoms with Gasteiger partial charge in [-0.2, -0.15) is 0 Å². The second kappa shape index (κ2) is 5.16. The van der Waals surface area contributed by atoms with E-state index in [0.717, 1.165) is 0 Å². The van der Waals surface area contributed by atoms with Crippen LogP contribution in [0.3, 0.4) is 0 Å². The number of aryl methyl sites for hydroxylation is 1. The predicted molar refractivity (Wildman–Crippen MR) is 65.8 cm³/mol. The van der Waals surface area contributed by atoms with Crippen LogP contribution in [0.1, 0.15) is 15.2 Å². The third kappa shape index (κ3) is 2.94. The van der Waals surface area contributed by atoms with Gasteiger partial charge < -0.3 is 9.84 Å². The predicted octanol–water partition coefficient (Wildman–Crippen LogP) is 0.770. The fraction of sp³-hybridized carbons (Fsp3) is 0.500. The fourth-order valence-electron chi connectivity index (χ4n) is 1.69. The first-order chi connectivity index (χ1) is 8.81. The number of carboxylic acid groups (broad SMARTS) is 1. The van der Waals surface area contributed by atoms with Crippen molar-refractivity contribution in [3.8, 4) is 0 Å². The maximum Gasteiger partial charge on any atom is 0.346 e. The number of rotatable bonds is 4. The number of halogens is 1. The minimum atomic E-state index is -3.93. The van der Waals surface area contributed by atoms with Gasteiger partial charge in [-0.3, -0.25) is 0 Å². The maximum absolute atomic E-state index is 13.3. The van der Waals surface area contributed by atoms with Crippen LogP contribution in [0.4, 0.5) is 4.39 Å². The molecular weight excluding hydrogens is 297 g/mol. The summed E-state index contributed by atoms with van der Waals surface area (Å²) in [4.78, 5) is 10.8. The molecule has 1 aromatic heterocycles. The summed E-state index contributed by atoms with van der Waals surface area (Å²) in [5, 5.41) is 8.89. The van der Waals surface area contributed by atoms with Crippen molar-refractivity contribution in [1.29, 1.82) is 0 Å². The summed E-state index contributed by atoms with van der Waals surface area (Å²) in [6, 6.07) is 0.333. The van der Waals surface area contributed by atoms with Crippen LogP contribution in [0.2, 0.25) is 0 Å². The zero-order chi connectivity index (χ0) is 14.2. The van der Waals surface area contributed by atoms with Gasteiger partial charge in [-0.1, -0.05) is 0 Å². The van der Waals surface area contributed by atoms with E-state index in [1.807, 2.05) is 0 Å². The number of alkyl halides is 1. The van der Waals surface area contributed by atoms with E-state index in [-0.39, 0.29) is 22.3 Å². The summed E-state index contributed by atoms with van der Waals surface area (Å²) < 4.78 is 44.2. The van der Waals surface area contributed by atoms with E-state index in [1.165, 1.54) is 13.0 Å². The smallest absolute Gasteiger partial charge is 0.346 e. The Kier molecular flexibility index (Phi) is 3.90. The van der Waals surface area contributed by atoms with Crippen LogP contribution in [-0.4, -0.2) is 44.9 Å². The molecule has 2 rings (SSSR count). The largest absolute Gasteiger partial charge is 0.477 e. The standard InChI is InChI=1S/C10H12FNO5S2/c1-5-2-8(18-9(5)10(13)14)19(15,16)12-7-4-17-3-6(7)11/h2,6-7,12H,3-4H2,1H3,(H,13,14)/t6-,7+/m0/s1. The third-order valence-corrected chi connectivity index (χ3v) is 5.86. The van der Waals surface area contributed by atoms with Gasteiger partial charge in [-0.25, -0.2) is 22.3 Å².